The molecule has 0 aromatic heterocycles. The van der Waals surface area contributed by atoms with E-state index < -0.39 is 12.1 Å². The van der Waals surface area contributed by atoms with Gasteiger partial charge < -0.3 is 25.3 Å². The molecule has 0 saturated heterocycles. The fourth-order valence-electron chi connectivity index (χ4n) is 9.17. The molecule has 0 heterocycles. The first-order chi connectivity index (χ1) is 15.9. The topological polar surface area (TPSA) is 118 Å². The molecule has 7 unspecified atom stereocenters. The lowest BCUT2D eigenvalue weighted by atomic mass is 9.43. The Balaban J connectivity index is 1.49. The minimum atomic E-state index is -1.01. The Hall–Kier alpha value is -1.18. The molecule has 0 aromatic carbocycles. The van der Waals surface area contributed by atoms with Gasteiger partial charge in [0, 0.05) is 13.5 Å². The van der Waals surface area contributed by atoms with Crippen LogP contribution in [-0.4, -0.2) is 69.1 Å². The average molecular weight is 479 g/mol. The maximum atomic E-state index is 12.4. The number of nitrogens with zero attached hydrogens (tertiary/aromatic N) is 1. The van der Waals surface area contributed by atoms with Crippen LogP contribution >= 0.6 is 0 Å². The highest BCUT2D eigenvalue weighted by Gasteiger charge is 2.65. The highest BCUT2D eigenvalue weighted by Crippen LogP contribution is 2.68. The van der Waals surface area contributed by atoms with Gasteiger partial charge in [0.25, 0.3) is 0 Å². The second kappa shape index (κ2) is 9.36. The Bertz CT molecular complexity index is 789. The van der Waals surface area contributed by atoms with E-state index >= 15 is 0 Å². The summed E-state index contributed by atoms with van der Waals surface area (Å²) in [6.07, 6.45) is 5.90. The van der Waals surface area contributed by atoms with Crippen LogP contribution in [0.4, 0.5) is 0 Å². The number of carbonyl (C=O) groups excluding carboxylic acids is 1. The molecular formula is C27H45NO6. The quantitative estimate of drug-likeness (QED) is 0.466. The number of carbonyl (C=O) groups is 2. The van der Waals surface area contributed by atoms with E-state index in [1.807, 2.05) is 0 Å². The first-order valence-electron chi connectivity index (χ1n) is 13.4. The van der Waals surface area contributed by atoms with Gasteiger partial charge in [0.2, 0.25) is 5.91 Å². The smallest absolute Gasteiger partial charge is 0.323 e. The van der Waals surface area contributed by atoms with Gasteiger partial charge in [-0.15, -0.1) is 0 Å². The van der Waals surface area contributed by atoms with Crippen molar-refractivity contribution in [3.63, 3.8) is 0 Å². The fourth-order valence-corrected chi connectivity index (χ4v) is 9.17. The van der Waals surface area contributed by atoms with Crippen LogP contribution < -0.4 is 0 Å². The van der Waals surface area contributed by atoms with Crippen molar-refractivity contribution in [1.29, 1.82) is 0 Å². The molecule has 7 heteroatoms. The van der Waals surface area contributed by atoms with Crippen LogP contribution in [-0.2, 0) is 9.59 Å². The zero-order valence-corrected chi connectivity index (χ0v) is 21.3. The van der Waals surface area contributed by atoms with Crippen molar-refractivity contribution in [1.82, 2.24) is 4.90 Å². The Labute approximate surface area is 203 Å². The van der Waals surface area contributed by atoms with E-state index in [1.54, 1.807) is 0 Å². The number of carboxylic acids is 1. The maximum Gasteiger partial charge on any atom is 0.323 e. The number of aliphatic carboxylic acids is 1. The van der Waals surface area contributed by atoms with E-state index in [9.17, 15) is 24.9 Å². The van der Waals surface area contributed by atoms with E-state index in [1.165, 1.54) is 11.9 Å². The SMILES string of the molecule is C[C@H](CCC(=O)N([11CH3])CC(=O)O)[C@H]1CCC2C3C(O)CC4CC(O)CC[C@]4(C)C3CC(O)[C@@]21C. The standard InChI is InChI=1S/C27H45NO6/c1-15(5-8-23(32)28(4)14-24(33)34)18-6-7-19-25-20(13-22(31)27(18,19)3)26(2)10-9-17(29)11-16(26)12-21(25)30/h15-22,25,29-31H,5-14H2,1-4H3,(H,33,34)/t15-,16?,17?,18-,19?,20?,21?,22?,25?,26+,27-/m1/s1/i4-1. The Morgan fingerprint density at radius 2 is 1.74 bits per heavy atom. The molecule has 4 saturated carbocycles. The zero-order valence-electron chi connectivity index (χ0n) is 21.3. The van der Waals surface area contributed by atoms with Gasteiger partial charge in [0.15, 0.2) is 0 Å². The molecule has 4 rings (SSSR count). The predicted octanol–water partition coefficient (Wildman–Crippen LogP) is 2.91. The zero-order chi connectivity index (χ0) is 25.0. The van der Waals surface area contributed by atoms with Crippen molar-refractivity contribution >= 4 is 11.9 Å². The van der Waals surface area contributed by atoms with Gasteiger partial charge in [-0.05, 0) is 97.7 Å². The van der Waals surface area contributed by atoms with Crippen LogP contribution in [0.15, 0.2) is 0 Å². The number of hydrogen-bond acceptors (Lipinski definition) is 5. The molecule has 4 fully saturated rings. The number of fused-ring (bicyclic) bond motifs is 5. The number of rotatable bonds is 6. The van der Waals surface area contributed by atoms with Gasteiger partial charge in [-0.25, -0.2) is 0 Å². The summed E-state index contributed by atoms with van der Waals surface area (Å²) < 4.78 is 0. The monoisotopic (exact) mass is 478 g/mol. The number of hydrogen-bond donors (Lipinski definition) is 4. The van der Waals surface area contributed by atoms with Crippen LogP contribution in [0.2, 0.25) is 0 Å². The number of aliphatic hydroxyl groups excluding tert-OH is 3. The Kier molecular flexibility index (Phi) is 7.13. The van der Waals surface area contributed by atoms with Crippen LogP contribution in [0.25, 0.3) is 0 Å². The van der Waals surface area contributed by atoms with Crippen LogP contribution in [0.3, 0.4) is 0 Å². The molecular weight excluding hydrogens is 433 g/mol. The normalized spacial score (nSPS) is 46.7. The lowest BCUT2D eigenvalue weighted by molar-refractivity contribution is -0.207. The number of aliphatic hydroxyl groups is 3. The van der Waals surface area contributed by atoms with E-state index in [0.29, 0.717) is 25.2 Å². The Morgan fingerprint density at radius 1 is 1.03 bits per heavy atom. The molecule has 34 heavy (non-hydrogen) atoms. The fraction of sp³-hybridized carbons (Fsp3) is 0.926. The minimum Gasteiger partial charge on any atom is -0.480 e. The predicted molar refractivity (Wildman–Crippen MR) is 128 cm³/mol. The summed E-state index contributed by atoms with van der Waals surface area (Å²) in [5, 5.41) is 42.2. The third kappa shape index (κ3) is 4.20. The van der Waals surface area contributed by atoms with Crippen LogP contribution in [0.5, 0.6) is 0 Å². The molecule has 4 aliphatic rings. The molecule has 0 radical (unpaired) electrons. The second-order valence-corrected chi connectivity index (χ2v) is 12.7. The van der Waals surface area contributed by atoms with Crippen molar-refractivity contribution in [3.8, 4) is 0 Å². The van der Waals surface area contributed by atoms with Crippen molar-refractivity contribution in [2.75, 3.05) is 13.6 Å². The summed E-state index contributed by atoms with van der Waals surface area (Å²) in [6, 6.07) is 0. The molecule has 4 N–H and O–H groups in total. The third-order valence-electron chi connectivity index (χ3n) is 11.1. The van der Waals surface area contributed by atoms with Crippen molar-refractivity contribution in [2.45, 2.75) is 96.9 Å². The highest BCUT2D eigenvalue weighted by atomic mass is 16.4. The lowest BCUT2D eigenvalue weighted by Gasteiger charge is -2.63. The minimum absolute atomic E-state index is 0.0658. The van der Waals surface area contributed by atoms with E-state index in [4.69, 9.17) is 5.11 Å². The average Bonchev–Trinajstić information content (AvgIpc) is 3.12. The van der Waals surface area contributed by atoms with E-state index in [-0.39, 0.29) is 65.1 Å². The van der Waals surface area contributed by atoms with Gasteiger partial charge in [0.05, 0.1) is 18.3 Å². The van der Waals surface area contributed by atoms with Crippen molar-refractivity contribution in [3.05, 3.63) is 0 Å². The second-order valence-electron chi connectivity index (χ2n) is 12.7. The first kappa shape index (κ1) is 25.9. The van der Waals surface area contributed by atoms with Gasteiger partial charge in [-0.3, -0.25) is 9.59 Å². The van der Waals surface area contributed by atoms with E-state index in [0.717, 1.165) is 38.5 Å². The molecule has 0 bridgehead atoms. The summed E-state index contributed by atoms with van der Waals surface area (Å²) >= 11 is 0. The molecule has 0 aliphatic heterocycles. The molecule has 1 amide bonds. The van der Waals surface area contributed by atoms with Gasteiger partial charge in [0.1, 0.15) is 6.54 Å². The van der Waals surface area contributed by atoms with E-state index in [2.05, 4.69) is 20.8 Å². The summed E-state index contributed by atoms with van der Waals surface area (Å²) in [6.45, 7) is 6.44. The number of carboxylic acid groups (broad SMARTS) is 1. The highest BCUT2D eigenvalue weighted by molar-refractivity contribution is 5.80. The number of amides is 1. The molecule has 11 atom stereocenters. The molecule has 0 aromatic rings. The lowest BCUT2D eigenvalue weighted by Crippen LogP contribution is -2.62. The summed E-state index contributed by atoms with van der Waals surface area (Å²) in [4.78, 5) is 24.6. The summed E-state index contributed by atoms with van der Waals surface area (Å²) in [5.74, 6) is 0.387. The largest absolute Gasteiger partial charge is 0.480 e. The summed E-state index contributed by atoms with van der Waals surface area (Å²) in [5.41, 5.74) is -0.217. The number of likely N-dealkylation sites (N-methyl/N-ethyl adjacent to an activating group) is 1. The molecule has 7 nitrogen and oxygen atoms in total. The van der Waals surface area contributed by atoms with Crippen LogP contribution in [0.1, 0.15) is 78.6 Å². The third-order valence-corrected chi connectivity index (χ3v) is 11.1. The van der Waals surface area contributed by atoms with Gasteiger partial charge in [-0.2, -0.15) is 0 Å². The van der Waals surface area contributed by atoms with Crippen molar-refractivity contribution in [2.24, 2.45) is 46.3 Å². The molecule has 194 valence electrons. The molecule has 4 aliphatic carbocycles. The maximum absolute atomic E-state index is 12.4. The summed E-state index contributed by atoms with van der Waals surface area (Å²) in [7, 11) is 1.53. The van der Waals surface area contributed by atoms with Gasteiger partial charge in [-0.1, -0.05) is 20.8 Å². The van der Waals surface area contributed by atoms with Gasteiger partial charge >= 0.3 is 5.97 Å². The molecule has 0 spiro atoms. The van der Waals surface area contributed by atoms with Crippen LogP contribution in [0, 0.1) is 46.3 Å². The Morgan fingerprint density at radius 3 is 2.41 bits per heavy atom. The first-order valence-corrected chi connectivity index (χ1v) is 13.4. The van der Waals surface area contributed by atoms with Crippen molar-refractivity contribution < 1.29 is 30.0 Å².